The summed E-state index contributed by atoms with van der Waals surface area (Å²) < 4.78 is 27.5. The number of nitrogens with one attached hydrogen (secondary N) is 2. The number of pyridine rings is 2. The molecule has 30 heavy (non-hydrogen) atoms. The van der Waals surface area contributed by atoms with E-state index < -0.39 is 11.7 Å². The van der Waals surface area contributed by atoms with Gasteiger partial charge in [-0.3, -0.25) is 9.78 Å². The number of rotatable bonds is 5. The van der Waals surface area contributed by atoms with Crippen molar-refractivity contribution in [3.63, 3.8) is 0 Å². The Morgan fingerprint density at radius 2 is 1.93 bits per heavy atom. The molecule has 0 aliphatic heterocycles. The van der Waals surface area contributed by atoms with Crippen molar-refractivity contribution in [1.82, 2.24) is 19.9 Å². The number of alkyl halides is 2. The van der Waals surface area contributed by atoms with Gasteiger partial charge in [-0.2, -0.15) is 14.0 Å². The van der Waals surface area contributed by atoms with Crippen molar-refractivity contribution in [2.45, 2.75) is 26.7 Å². The molecule has 3 heterocycles. The molecule has 1 amide bonds. The second-order valence-corrected chi connectivity index (χ2v) is 6.57. The lowest BCUT2D eigenvalue weighted by Crippen LogP contribution is -2.14. The predicted octanol–water partition coefficient (Wildman–Crippen LogP) is 3.93. The van der Waals surface area contributed by atoms with Crippen LogP contribution in [0.4, 0.5) is 26.1 Å². The standard InChI is InChI=1S/C20H17F2N7O/c1-11-6-18(29-19(26-11)20(3,21)22)28-16-8-17(27-12(2)30)25-10-14(16)15-7-13(9-23)4-5-24-15/h4-8,10H,1-3H3,(H2,25,26,27,28,29,30). The normalized spacial score (nSPS) is 10.9. The summed E-state index contributed by atoms with van der Waals surface area (Å²) in [5.41, 5.74) is 2.07. The Balaban J connectivity index is 2.10. The smallest absolute Gasteiger partial charge is 0.303 e. The third-order valence-corrected chi connectivity index (χ3v) is 3.88. The van der Waals surface area contributed by atoms with Crippen molar-refractivity contribution >= 4 is 23.2 Å². The zero-order chi connectivity index (χ0) is 21.9. The molecule has 3 rings (SSSR count). The molecule has 0 saturated carbocycles. The fourth-order valence-corrected chi connectivity index (χ4v) is 2.63. The average molecular weight is 409 g/mol. The molecule has 0 radical (unpaired) electrons. The van der Waals surface area contributed by atoms with Crippen LogP contribution in [0.5, 0.6) is 0 Å². The molecule has 3 aromatic heterocycles. The molecule has 0 bridgehead atoms. The molecule has 10 heteroatoms. The van der Waals surface area contributed by atoms with E-state index in [4.69, 9.17) is 5.26 Å². The molecule has 0 unspecified atom stereocenters. The lowest BCUT2D eigenvalue weighted by molar-refractivity contribution is -0.114. The van der Waals surface area contributed by atoms with E-state index in [1.807, 2.05) is 6.07 Å². The molecule has 152 valence electrons. The van der Waals surface area contributed by atoms with Gasteiger partial charge >= 0.3 is 5.92 Å². The fraction of sp³-hybridized carbons (Fsp3) is 0.200. The topological polar surface area (TPSA) is 116 Å². The zero-order valence-corrected chi connectivity index (χ0v) is 16.4. The van der Waals surface area contributed by atoms with Gasteiger partial charge in [-0.05, 0) is 19.1 Å². The quantitative estimate of drug-likeness (QED) is 0.656. The third-order valence-electron chi connectivity index (χ3n) is 3.88. The summed E-state index contributed by atoms with van der Waals surface area (Å²) in [6.07, 6.45) is 2.93. The van der Waals surface area contributed by atoms with Crippen LogP contribution in [0.15, 0.2) is 36.7 Å². The van der Waals surface area contributed by atoms with Crippen LogP contribution in [0.2, 0.25) is 0 Å². The summed E-state index contributed by atoms with van der Waals surface area (Å²) in [5, 5.41) is 14.7. The number of amides is 1. The van der Waals surface area contributed by atoms with Crippen LogP contribution in [-0.4, -0.2) is 25.8 Å². The number of anilines is 3. The summed E-state index contributed by atoms with van der Waals surface area (Å²) >= 11 is 0. The maximum atomic E-state index is 13.7. The number of carbonyl (C=O) groups excluding carboxylic acids is 1. The Hall–Kier alpha value is -4.00. The Labute approximate surface area is 171 Å². The average Bonchev–Trinajstić information content (AvgIpc) is 2.66. The maximum absolute atomic E-state index is 13.7. The minimum atomic E-state index is -3.21. The number of aryl methyl sites for hydroxylation is 1. The van der Waals surface area contributed by atoms with Crippen molar-refractivity contribution in [3.05, 3.63) is 53.7 Å². The van der Waals surface area contributed by atoms with Gasteiger partial charge in [0.25, 0.3) is 0 Å². The lowest BCUT2D eigenvalue weighted by atomic mass is 10.1. The molecular weight excluding hydrogens is 392 g/mol. The van der Waals surface area contributed by atoms with Crippen molar-refractivity contribution in [3.8, 4) is 17.3 Å². The summed E-state index contributed by atoms with van der Waals surface area (Å²) in [6, 6.07) is 8.19. The van der Waals surface area contributed by atoms with E-state index in [1.54, 1.807) is 19.1 Å². The third kappa shape index (κ3) is 4.88. The number of hydrogen-bond donors (Lipinski definition) is 2. The number of halogens is 2. The highest BCUT2D eigenvalue weighted by Gasteiger charge is 2.29. The molecule has 0 aromatic carbocycles. The first-order valence-electron chi connectivity index (χ1n) is 8.81. The lowest BCUT2D eigenvalue weighted by Gasteiger charge is -2.15. The molecule has 8 nitrogen and oxygen atoms in total. The number of carbonyl (C=O) groups is 1. The fourth-order valence-electron chi connectivity index (χ4n) is 2.63. The minimum Gasteiger partial charge on any atom is -0.339 e. The molecule has 0 saturated heterocycles. The summed E-state index contributed by atoms with van der Waals surface area (Å²) in [4.78, 5) is 27.5. The van der Waals surface area contributed by atoms with E-state index in [0.717, 1.165) is 6.92 Å². The van der Waals surface area contributed by atoms with E-state index in [2.05, 4.69) is 30.6 Å². The van der Waals surface area contributed by atoms with Crippen LogP contribution in [0.3, 0.4) is 0 Å². The van der Waals surface area contributed by atoms with E-state index >= 15 is 0 Å². The highest BCUT2D eigenvalue weighted by Crippen LogP contribution is 2.32. The highest BCUT2D eigenvalue weighted by molar-refractivity contribution is 5.89. The van der Waals surface area contributed by atoms with Gasteiger partial charge in [0.15, 0.2) is 0 Å². The van der Waals surface area contributed by atoms with E-state index in [1.165, 1.54) is 31.5 Å². The van der Waals surface area contributed by atoms with Crippen molar-refractivity contribution in [1.29, 1.82) is 5.26 Å². The van der Waals surface area contributed by atoms with Crippen LogP contribution in [-0.2, 0) is 10.7 Å². The van der Waals surface area contributed by atoms with Crippen molar-refractivity contribution in [2.24, 2.45) is 0 Å². The molecule has 0 aliphatic rings. The second-order valence-electron chi connectivity index (χ2n) is 6.57. The Kier molecular flexibility index (Phi) is 5.64. The van der Waals surface area contributed by atoms with Crippen LogP contribution in [0.25, 0.3) is 11.3 Å². The Morgan fingerprint density at radius 1 is 1.17 bits per heavy atom. The monoisotopic (exact) mass is 409 g/mol. The van der Waals surface area contributed by atoms with Gasteiger partial charge in [-0.15, -0.1) is 0 Å². The number of hydrogen-bond acceptors (Lipinski definition) is 7. The summed E-state index contributed by atoms with van der Waals surface area (Å²) in [7, 11) is 0. The second kappa shape index (κ2) is 8.16. The van der Waals surface area contributed by atoms with Crippen LogP contribution >= 0.6 is 0 Å². The van der Waals surface area contributed by atoms with Gasteiger partial charge in [0.05, 0.1) is 23.0 Å². The van der Waals surface area contributed by atoms with E-state index in [-0.39, 0.29) is 17.5 Å². The molecule has 2 N–H and O–H groups in total. The van der Waals surface area contributed by atoms with Crippen molar-refractivity contribution in [2.75, 3.05) is 10.6 Å². The van der Waals surface area contributed by atoms with Gasteiger partial charge in [0.2, 0.25) is 11.7 Å². The van der Waals surface area contributed by atoms with Crippen LogP contribution < -0.4 is 10.6 Å². The highest BCUT2D eigenvalue weighted by atomic mass is 19.3. The molecular formula is C20H17F2N7O. The molecule has 0 atom stereocenters. The number of nitriles is 1. The maximum Gasteiger partial charge on any atom is 0.303 e. The molecule has 0 fully saturated rings. The minimum absolute atomic E-state index is 0.136. The summed E-state index contributed by atoms with van der Waals surface area (Å²) in [5.74, 6) is -3.77. The first kappa shape index (κ1) is 20.7. The van der Waals surface area contributed by atoms with Gasteiger partial charge in [0, 0.05) is 49.6 Å². The van der Waals surface area contributed by atoms with Crippen molar-refractivity contribution < 1.29 is 13.6 Å². The van der Waals surface area contributed by atoms with Crippen LogP contribution in [0, 0.1) is 18.3 Å². The van der Waals surface area contributed by atoms with E-state index in [0.29, 0.717) is 28.2 Å². The number of nitrogens with zero attached hydrogens (tertiary/aromatic N) is 5. The molecule has 3 aromatic rings. The predicted molar refractivity (Wildman–Crippen MR) is 106 cm³/mol. The zero-order valence-electron chi connectivity index (χ0n) is 16.4. The van der Waals surface area contributed by atoms with Gasteiger partial charge < -0.3 is 10.6 Å². The van der Waals surface area contributed by atoms with Gasteiger partial charge in [-0.25, -0.2) is 15.0 Å². The molecule has 0 aliphatic carbocycles. The Morgan fingerprint density at radius 3 is 2.60 bits per heavy atom. The first-order valence-corrected chi connectivity index (χ1v) is 8.81. The Bertz CT molecular complexity index is 1150. The first-order chi connectivity index (χ1) is 14.2. The van der Waals surface area contributed by atoms with Gasteiger partial charge in [0.1, 0.15) is 11.6 Å². The van der Waals surface area contributed by atoms with E-state index in [9.17, 15) is 13.6 Å². The number of aromatic nitrogens is 4. The SMILES string of the molecule is CC(=O)Nc1cc(Nc2cc(C)nc(C(C)(F)F)n2)c(-c2cc(C#N)ccn2)cn1. The van der Waals surface area contributed by atoms with Gasteiger partial charge in [-0.1, -0.05) is 0 Å². The summed E-state index contributed by atoms with van der Waals surface area (Å²) in [6.45, 7) is 3.63. The largest absolute Gasteiger partial charge is 0.339 e. The molecule has 0 spiro atoms. The van der Waals surface area contributed by atoms with Crippen LogP contribution in [0.1, 0.15) is 30.9 Å².